The Balaban J connectivity index is 1.91. The first kappa shape index (κ1) is 14.6. The number of hydrogen-bond acceptors (Lipinski definition) is 4. The van der Waals surface area contributed by atoms with Gasteiger partial charge in [0.1, 0.15) is 0 Å². The first-order chi connectivity index (χ1) is 10.6. The molecule has 0 amide bonds. The lowest BCUT2D eigenvalue weighted by molar-refractivity contribution is 0.0689. The van der Waals surface area contributed by atoms with E-state index in [9.17, 15) is 9.90 Å². The van der Waals surface area contributed by atoms with E-state index in [1.165, 1.54) is 10.7 Å². The summed E-state index contributed by atoms with van der Waals surface area (Å²) >= 11 is 11.8. The first-order valence-electron chi connectivity index (χ1n) is 6.31. The molecule has 3 rings (SSSR count). The lowest BCUT2D eigenvalue weighted by atomic mass is 10.2. The van der Waals surface area contributed by atoms with Crippen LogP contribution in [0, 0.1) is 0 Å². The highest BCUT2D eigenvalue weighted by atomic mass is 35.5. The molecule has 0 fully saturated rings. The third kappa shape index (κ3) is 2.70. The summed E-state index contributed by atoms with van der Waals surface area (Å²) in [6, 6.07) is 8.58. The molecule has 22 heavy (non-hydrogen) atoms. The summed E-state index contributed by atoms with van der Waals surface area (Å²) in [7, 11) is 0. The Bertz CT molecular complexity index is 863. The van der Waals surface area contributed by atoms with Crippen molar-refractivity contribution >= 4 is 40.6 Å². The van der Waals surface area contributed by atoms with E-state index in [1.807, 2.05) is 0 Å². The van der Waals surface area contributed by atoms with Gasteiger partial charge in [0.25, 0.3) is 0 Å². The van der Waals surface area contributed by atoms with Gasteiger partial charge in [-0.3, -0.25) is 0 Å². The van der Waals surface area contributed by atoms with Crippen molar-refractivity contribution < 1.29 is 9.90 Å². The maximum atomic E-state index is 11.4. The van der Waals surface area contributed by atoms with Gasteiger partial charge >= 0.3 is 5.97 Å². The van der Waals surface area contributed by atoms with Crippen LogP contribution in [0.3, 0.4) is 0 Å². The smallest absolute Gasteiger partial charge is 0.358 e. The molecule has 0 aliphatic carbocycles. The minimum Gasteiger partial charge on any atom is -0.476 e. The number of carboxylic acid groups (broad SMARTS) is 1. The van der Waals surface area contributed by atoms with Gasteiger partial charge in [-0.1, -0.05) is 29.3 Å². The second-order valence-corrected chi connectivity index (χ2v) is 5.32. The Kier molecular flexibility index (Phi) is 3.87. The summed E-state index contributed by atoms with van der Waals surface area (Å²) in [6.07, 6.45) is 1.50. The van der Waals surface area contributed by atoms with Gasteiger partial charge in [0.2, 0.25) is 0 Å². The van der Waals surface area contributed by atoms with Gasteiger partial charge in [0.05, 0.1) is 10.0 Å². The van der Waals surface area contributed by atoms with Gasteiger partial charge in [-0.25, -0.2) is 14.3 Å². The number of carboxylic acids is 1. The number of hydrogen-bond donors (Lipinski definition) is 2. The van der Waals surface area contributed by atoms with Crippen LogP contribution >= 0.6 is 23.2 Å². The second kappa shape index (κ2) is 5.82. The van der Waals surface area contributed by atoms with Crippen molar-refractivity contribution in [3.05, 3.63) is 57.8 Å². The molecule has 0 unspecified atom stereocenters. The summed E-state index contributed by atoms with van der Waals surface area (Å²) in [6.45, 7) is 0.362. The Morgan fingerprint density at radius 3 is 2.82 bits per heavy atom. The minimum atomic E-state index is -1.11. The van der Waals surface area contributed by atoms with E-state index in [0.29, 0.717) is 22.2 Å². The quantitative estimate of drug-likeness (QED) is 0.763. The van der Waals surface area contributed by atoms with E-state index >= 15 is 0 Å². The van der Waals surface area contributed by atoms with Crippen molar-refractivity contribution in [2.24, 2.45) is 0 Å². The van der Waals surface area contributed by atoms with E-state index < -0.39 is 5.97 Å². The molecular formula is C14H10Cl2N4O2. The van der Waals surface area contributed by atoms with E-state index in [-0.39, 0.29) is 11.5 Å². The van der Waals surface area contributed by atoms with Crippen LogP contribution in [0.4, 0.5) is 5.82 Å². The third-order valence-electron chi connectivity index (χ3n) is 3.04. The Labute approximate surface area is 135 Å². The molecule has 6 nitrogen and oxygen atoms in total. The highest BCUT2D eigenvalue weighted by Crippen LogP contribution is 2.23. The average molecular weight is 337 g/mol. The molecule has 8 heteroatoms. The zero-order chi connectivity index (χ0) is 15.7. The number of imidazole rings is 1. The SMILES string of the molecule is O=C(O)c1c(NCc2ccc(Cl)c(Cl)c2)nc2cccnn12. The number of benzene rings is 1. The molecule has 1 aromatic carbocycles. The van der Waals surface area contributed by atoms with Crippen LogP contribution in [-0.4, -0.2) is 25.7 Å². The summed E-state index contributed by atoms with van der Waals surface area (Å²) in [5.74, 6) is -0.861. The van der Waals surface area contributed by atoms with Gasteiger partial charge in [-0.15, -0.1) is 0 Å². The molecule has 0 radical (unpaired) electrons. The first-order valence-corrected chi connectivity index (χ1v) is 7.06. The molecule has 0 aliphatic heterocycles. The maximum Gasteiger partial charge on any atom is 0.358 e. The molecular weight excluding hydrogens is 327 g/mol. The molecule has 112 valence electrons. The number of halogens is 2. The molecule has 2 heterocycles. The predicted octanol–water partition coefficient (Wildman–Crippen LogP) is 3.35. The number of anilines is 1. The molecule has 3 aromatic rings. The number of aromatic nitrogens is 3. The van der Waals surface area contributed by atoms with E-state index in [4.69, 9.17) is 23.2 Å². The summed E-state index contributed by atoms with van der Waals surface area (Å²) < 4.78 is 1.28. The van der Waals surface area contributed by atoms with Gasteiger partial charge in [-0.2, -0.15) is 5.10 Å². The monoisotopic (exact) mass is 336 g/mol. The Hall–Kier alpha value is -2.31. The standard InChI is InChI=1S/C14H10Cl2N4O2/c15-9-4-3-8(6-10(9)16)7-17-13-12(14(21)22)20-11(19-13)2-1-5-18-20/h1-6,17H,7H2,(H,21,22). The Morgan fingerprint density at radius 2 is 2.09 bits per heavy atom. The lowest BCUT2D eigenvalue weighted by Crippen LogP contribution is -2.09. The summed E-state index contributed by atoms with van der Waals surface area (Å²) in [5, 5.41) is 17.2. The zero-order valence-corrected chi connectivity index (χ0v) is 12.6. The van der Waals surface area contributed by atoms with Crippen LogP contribution in [0.2, 0.25) is 10.0 Å². The van der Waals surface area contributed by atoms with Crippen LogP contribution in [-0.2, 0) is 6.54 Å². The fourth-order valence-electron chi connectivity index (χ4n) is 2.04. The van der Waals surface area contributed by atoms with E-state index in [1.54, 1.807) is 30.3 Å². The van der Waals surface area contributed by atoms with Crippen LogP contribution in [0.15, 0.2) is 36.5 Å². The number of nitrogens with zero attached hydrogens (tertiary/aromatic N) is 3. The van der Waals surface area contributed by atoms with Crippen LogP contribution in [0.25, 0.3) is 5.65 Å². The van der Waals surface area contributed by atoms with Gasteiger partial charge in [-0.05, 0) is 29.8 Å². The average Bonchev–Trinajstić information content (AvgIpc) is 2.87. The highest BCUT2D eigenvalue weighted by Gasteiger charge is 2.19. The van der Waals surface area contributed by atoms with Crippen molar-refractivity contribution in [2.45, 2.75) is 6.54 Å². The fourth-order valence-corrected chi connectivity index (χ4v) is 2.36. The number of aromatic carboxylic acids is 1. The topological polar surface area (TPSA) is 79.5 Å². The van der Waals surface area contributed by atoms with E-state index in [2.05, 4.69) is 15.4 Å². The molecule has 2 N–H and O–H groups in total. The molecule has 0 spiro atoms. The molecule has 0 saturated carbocycles. The molecule has 0 bridgehead atoms. The summed E-state index contributed by atoms with van der Waals surface area (Å²) in [4.78, 5) is 15.7. The van der Waals surface area contributed by atoms with Crippen LogP contribution in [0.5, 0.6) is 0 Å². The third-order valence-corrected chi connectivity index (χ3v) is 3.78. The molecule has 2 aromatic heterocycles. The van der Waals surface area contributed by atoms with Gasteiger partial charge in [0.15, 0.2) is 17.2 Å². The number of fused-ring (bicyclic) bond motifs is 1. The minimum absolute atomic E-state index is 0.0179. The molecule has 0 aliphatic rings. The van der Waals surface area contributed by atoms with Gasteiger partial charge < -0.3 is 10.4 Å². The van der Waals surface area contributed by atoms with Crippen molar-refractivity contribution in [3.63, 3.8) is 0 Å². The van der Waals surface area contributed by atoms with Crippen molar-refractivity contribution in [1.82, 2.24) is 14.6 Å². The number of nitrogens with one attached hydrogen (secondary N) is 1. The largest absolute Gasteiger partial charge is 0.476 e. The number of carbonyl (C=O) groups is 1. The highest BCUT2D eigenvalue weighted by molar-refractivity contribution is 6.42. The fraction of sp³-hybridized carbons (Fsp3) is 0.0714. The molecule has 0 atom stereocenters. The zero-order valence-electron chi connectivity index (χ0n) is 11.1. The summed E-state index contributed by atoms with van der Waals surface area (Å²) in [5.41, 5.74) is 1.29. The Morgan fingerprint density at radius 1 is 1.27 bits per heavy atom. The number of rotatable bonds is 4. The lowest BCUT2D eigenvalue weighted by Gasteiger charge is -2.06. The van der Waals surface area contributed by atoms with Gasteiger partial charge in [0, 0.05) is 12.7 Å². The normalized spacial score (nSPS) is 10.8. The van der Waals surface area contributed by atoms with Crippen molar-refractivity contribution in [3.8, 4) is 0 Å². The van der Waals surface area contributed by atoms with E-state index in [0.717, 1.165) is 5.56 Å². The van der Waals surface area contributed by atoms with Crippen molar-refractivity contribution in [1.29, 1.82) is 0 Å². The van der Waals surface area contributed by atoms with Crippen LogP contribution < -0.4 is 5.32 Å². The van der Waals surface area contributed by atoms with Crippen molar-refractivity contribution in [2.75, 3.05) is 5.32 Å². The van der Waals surface area contributed by atoms with Crippen LogP contribution in [0.1, 0.15) is 16.1 Å². The predicted molar refractivity (Wildman–Crippen MR) is 83.7 cm³/mol. The second-order valence-electron chi connectivity index (χ2n) is 4.51. The maximum absolute atomic E-state index is 11.4. The molecule has 0 saturated heterocycles.